The van der Waals surface area contributed by atoms with E-state index in [4.69, 9.17) is 4.74 Å². The van der Waals surface area contributed by atoms with Crippen molar-refractivity contribution in [3.8, 4) is 0 Å². The molecule has 0 aromatic carbocycles. The minimum absolute atomic E-state index is 0.0593. The first kappa shape index (κ1) is 25.4. The predicted octanol–water partition coefficient (Wildman–Crippen LogP) is 4.00. The maximum absolute atomic E-state index is 17.2. The summed E-state index contributed by atoms with van der Waals surface area (Å²) in [4.78, 5) is 26.4. The molecule has 3 saturated carbocycles. The molecule has 1 heterocycles. The third-order valence-electron chi connectivity index (χ3n) is 10.5. The molecule has 2 N–H and O–H groups in total. The summed E-state index contributed by atoms with van der Waals surface area (Å²) in [5, 5.41) is 23.5. The predicted molar refractivity (Wildman–Crippen MR) is 133 cm³/mol. The Morgan fingerprint density at radius 1 is 1.31 bits per heavy atom. The number of esters is 1. The molecule has 4 aliphatic carbocycles. The number of aliphatic hydroxyl groups excluding tert-OH is 1. The molecular weight excluding hydrogens is 461 g/mol. The van der Waals surface area contributed by atoms with Crippen molar-refractivity contribution < 1.29 is 28.9 Å². The summed E-state index contributed by atoms with van der Waals surface area (Å²) in [6.07, 6.45) is 11.5. The van der Waals surface area contributed by atoms with Gasteiger partial charge in [0, 0.05) is 42.8 Å². The van der Waals surface area contributed by atoms with Crippen molar-refractivity contribution in [3.63, 3.8) is 0 Å². The van der Waals surface area contributed by atoms with E-state index in [-0.39, 0.29) is 37.1 Å². The Labute approximate surface area is 212 Å². The fourth-order valence-electron chi connectivity index (χ4n) is 8.38. The lowest BCUT2D eigenvalue weighted by Crippen LogP contribution is -2.68. The van der Waals surface area contributed by atoms with Crippen LogP contribution in [0.1, 0.15) is 59.3 Å². The van der Waals surface area contributed by atoms with Gasteiger partial charge in [-0.1, -0.05) is 31.6 Å². The van der Waals surface area contributed by atoms with Crippen molar-refractivity contribution in [1.29, 1.82) is 0 Å². The summed E-state index contributed by atoms with van der Waals surface area (Å²) >= 11 is 0. The lowest BCUT2D eigenvalue weighted by atomic mass is 9.44. The third kappa shape index (κ3) is 3.34. The van der Waals surface area contributed by atoms with E-state index in [1.54, 1.807) is 24.1 Å². The largest absolute Gasteiger partial charge is 0.462 e. The quantitative estimate of drug-likeness (QED) is 0.569. The Bertz CT molecular complexity index is 1100. The molecule has 196 valence electrons. The van der Waals surface area contributed by atoms with Crippen molar-refractivity contribution in [2.75, 3.05) is 13.7 Å². The van der Waals surface area contributed by atoms with Crippen molar-refractivity contribution in [3.05, 3.63) is 47.9 Å². The molecule has 7 heteroatoms. The number of fused-ring (bicyclic) bond motifs is 5. The Morgan fingerprint density at radius 2 is 2.06 bits per heavy atom. The molecule has 1 aliphatic heterocycles. The number of ether oxygens (including phenoxy) is 1. The second kappa shape index (κ2) is 8.38. The number of carbonyl (C=O) groups excluding carboxylic acids is 2. The van der Waals surface area contributed by atoms with E-state index in [1.807, 2.05) is 33.2 Å². The summed E-state index contributed by atoms with van der Waals surface area (Å²) in [7, 11) is 1.84. The molecule has 8 atom stereocenters. The second-order valence-electron chi connectivity index (χ2n) is 12.1. The number of hydrogen-bond donors (Lipinski definition) is 2. The van der Waals surface area contributed by atoms with Gasteiger partial charge in [0.2, 0.25) is 0 Å². The van der Waals surface area contributed by atoms with Crippen molar-refractivity contribution in [2.45, 2.75) is 76.7 Å². The third-order valence-corrected chi connectivity index (χ3v) is 10.5. The lowest BCUT2D eigenvalue weighted by Gasteiger charge is -2.63. The van der Waals surface area contributed by atoms with Crippen LogP contribution in [0, 0.1) is 28.6 Å². The Kier molecular flexibility index (Phi) is 5.92. The van der Waals surface area contributed by atoms with Gasteiger partial charge in [-0.2, -0.15) is 0 Å². The fourth-order valence-corrected chi connectivity index (χ4v) is 8.38. The maximum Gasteiger partial charge on any atom is 0.335 e. The number of ketones is 1. The molecule has 0 saturated heterocycles. The topological polar surface area (TPSA) is 87.1 Å². The molecule has 5 aliphatic rings. The zero-order valence-electron chi connectivity index (χ0n) is 21.7. The molecular formula is C29H38FNO5. The fraction of sp³-hybridized carbons (Fsp3) is 0.655. The van der Waals surface area contributed by atoms with Crippen LogP contribution < -0.4 is 0 Å². The van der Waals surface area contributed by atoms with Gasteiger partial charge in [-0.3, -0.25) is 4.79 Å². The average Bonchev–Trinajstić information content (AvgIpc) is 3.01. The molecule has 0 radical (unpaired) electrons. The number of allylic oxidation sites excluding steroid dienone is 5. The Hall–Kier alpha value is -2.25. The van der Waals surface area contributed by atoms with Crippen LogP contribution in [0.15, 0.2) is 47.9 Å². The summed E-state index contributed by atoms with van der Waals surface area (Å²) < 4.78 is 22.8. The zero-order valence-corrected chi connectivity index (χ0v) is 21.7. The number of nitrogens with zero attached hydrogens (tertiary/aromatic N) is 1. The summed E-state index contributed by atoms with van der Waals surface area (Å²) in [5.74, 6) is -1.25. The number of alkyl halides is 1. The van der Waals surface area contributed by atoms with E-state index in [2.05, 4.69) is 0 Å². The number of hydrogen-bond acceptors (Lipinski definition) is 6. The van der Waals surface area contributed by atoms with Crippen LogP contribution in [0.25, 0.3) is 0 Å². The molecule has 0 aromatic rings. The molecule has 5 rings (SSSR count). The van der Waals surface area contributed by atoms with E-state index in [9.17, 15) is 19.8 Å². The van der Waals surface area contributed by atoms with Gasteiger partial charge in [-0.25, -0.2) is 9.18 Å². The number of aliphatic hydroxyl groups is 2. The van der Waals surface area contributed by atoms with Gasteiger partial charge in [-0.15, -0.1) is 0 Å². The van der Waals surface area contributed by atoms with Crippen LogP contribution >= 0.6 is 0 Å². The van der Waals surface area contributed by atoms with E-state index >= 15 is 4.39 Å². The molecule has 0 amide bonds. The second-order valence-corrected chi connectivity index (χ2v) is 12.1. The average molecular weight is 500 g/mol. The van der Waals surface area contributed by atoms with Crippen molar-refractivity contribution in [1.82, 2.24) is 4.90 Å². The summed E-state index contributed by atoms with van der Waals surface area (Å²) in [5.41, 5.74) is -3.57. The first-order valence-electron chi connectivity index (χ1n) is 13.2. The molecule has 0 aromatic heterocycles. The molecule has 0 unspecified atom stereocenters. The van der Waals surface area contributed by atoms with Gasteiger partial charge in [-0.05, 0) is 62.8 Å². The van der Waals surface area contributed by atoms with E-state index in [1.165, 1.54) is 12.2 Å². The van der Waals surface area contributed by atoms with Gasteiger partial charge in [0.1, 0.15) is 0 Å². The standard InChI is InChI=1S/C29H38FNO5/c1-18-14-23-22-8-7-20-15-21(32)9-10-26(20,2)29(22,30)24(33)16-27(23,3)28(18,35)11-13-36-25(34)19-6-5-12-31(4)17-19/h5,9-10,12,15,17-18,22-24,33,35H,6-8,11,13-14,16H2,1-4H3/t18-,22+,23+,24+,26+,27+,28-,29+/m1/s1. The highest BCUT2D eigenvalue weighted by molar-refractivity contribution is 6.01. The first-order valence-corrected chi connectivity index (χ1v) is 13.2. The Balaban J connectivity index is 1.38. The minimum Gasteiger partial charge on any atom is -0.462 e. The van der Waals surface area contributed by atoms with E-state index < -0.39 is 40.1 Å². The monoisotopic (exact) mass is 499 g/mol. The van der Waals surface area contributed by atoms with Gasteiger partial charge >= 0.3 is 5.97 Å². The van der Waals surface area contributed by atoms with Gasteiger partial charge < -0.3 is 19.8 Å². The van der Waals surface area contributed by atoms with E-state index in [0.29, 0.717) is 31.3 Å². The molecule has 0 spiro atoms. The van der Waals surface area contributed by atoms with E-state index in [0.717, 1.165) is 5.57 Å². The van der Waals surface area contributed by atoms with Crippen LogP contribution in [0.3, 0.4) is 0 Å². The van der Waals surface area contributed by atoms with Gasteiger partial charge in [0.15, 0.2) is 11.5 Å². The van der Waals surface area contributed by atoms with Crippen molar-refractivity contribution >= 4 is 11.8 Å². The summed E-state index contributed by atoms with van der Waals surface area (Å²) in [6.45, 7) is 5.82. The van der Waals surface area contributed by atoms with Crippen LogP contribution in [0.2, 0.25) is 0 Å². The normalized spacial score (nSPS) is 45.4. The number of carbonyl (C=O) groups is 2. The molecule has 36 heavy (non-hydrogen) atoms. The minimum atomic E-state index is -1.91. The number of rotatable bonds is 4. The first-order chi connectivity index (χ1) is 16.9. The molecule has 0 bridgehead atoms. The highest BCUT2D eigenvalue weighted by Gasteiger charge is 2.74. The van der Waals surface area contributed by atoms with Gasteiger partial charge in [0.05, 0.1) is 23.9 Å². The molecule has 6 nitrogen and oxygen atoms in total. The van der Waals surface area contributed by atoms with Crippen LogP contribution in [0.5, 0.6) is 0 Å². The van der Waals surface area contributed by atoms with Gasteiger partial charge in [0.25, 0.3) is 0 Å². The lowest BCUT2D eigenvalue weighted by molar-refractivity contribution is -0.222. The maximum atomic E-state index is 17.2. The smallest absolute Gasteiger partial charge is 0.335 e. The SMILES string of the molecule is C[C@@H]1C[C@H]2[C@@H]3CCC4=CC(=O)C=C[C@]4(C)[C@@]3(F)[C@@H](O)C[C@]2(C)[C@@]1(O)CCOC(=O)C1=CN(C)C=CC1. The summed E-state index contributed by atoms with van der Waals surface area (Å²) in [6, 6.07) is 0. The van der Waals surface area contributed by atoms with Crippen LogP contribution in [-0.2, 0) is 14.3 Å². The zero-order chi connectivity index (χ0) is 26.1. The highest BCUT2D eigenvalue weighted by atomic mass is 19.1. The molecule has 3 fully saturated rings. The number of halogens is 1. The van der Waals surface area contributed by atoms with Crippen LogP contribution in [0.4, 0.5) is 4.39 Å². The highest BCUT2D eigenvalue weighted by Crippen LogP contribution is 2.71. The van der Waals surface area contributed by atoms with Crippen molar-refractivity contribution in [2.24, 2.45) is 28.6 Å². The van der Waals surface area contributed by atoms with Crippen LogP contribution in [-0.4, -0.2) is 57.9 Å². The Morgan fingerprint density at radius 3 is 2.78 bits per heavy atom.